The first-order valence-electron chi connectivity index (χ1n) is 7.32. The number of hydrogen-bond acceptors (Lipinski definition) is 5. The van der Waals surface area contributed by atoms with Gasteiger partial charge in [-0.2, -0.15) is 0 Å². The topological polar surface area (TPSA) is 81.4 Å². The molecular weight excluding hydrogens is 316 g/mol. The lowest BCUT2D eigenvalue weighted by Crippen LogP contribution is -2.27. The number of nitrogens with zero attached hydrogens (tertiary/aromatic N) is 1. The fourth-order valence-corrected chi connectivity index (χ4v) is 4.11. The largest absolute Gasteiger partial charge is 0.497 e. The third-order valence-electron chi connectivity index (χ3n) is 3.58. The van der Waals surface area contributed by atoms with E-state index in [2.05, 4.69) is 9.71 Å². The van der Waals surface area contributed by atoms with Gasteiger partial charge in [0.15, 0.2) is 5.89 Å². The zero-order valence-electron chi connectivity index (χ0n) is 14.1. The Bertz CT molecular complexity index is 786. The first-order chi connectivity index (χ1) is 10.7. The quantitative estimate of drug-likeness (QED) is 0.875. The molecule has 0 fully saturated rings. The number of methoxy groups -OCH3 is 1. The lowest BCUT2D eigenvalue weighted by Gasteiger charge is -2.13. The van der Waals surface area contributed by atoms with E-state index in [0.717, 1.165) is 5.69 Å². The van der Waals surface area contributed by atoms with Gasteiger partial charge in [0, 0.05) is 19.9 Å². The average Bonchev–Trinajstić information content (AvgIpc) is 2.75. The number of benzene rings is 1. The number of nitrogens with one attached hydrogen (secondary N) is 1. The van der Waals surface area contributed by atoms with E-state index < -0.39 is 10.0 Å². The fraction of sp³-hybridized carbons (Fsp3) is 0.438. The first kappa shape index (κ1) is 17.5. The van der Waals surface area contributed by atoms with Gasteiger partial charge in [-0.05, 0) is 44.0 Å². The van der Waals surface area contributed by atoms with Crippen LogP contribution in [0, 0.1) is 27.7 Å². The van der Waals surface area contributed by atoms with Gasteiger partial charge in [0.25, 0.3) is 0 Å². The second kappa shape index (κ2) is 6.72. The van der Waals surface area contributed by atoms with Crippen molar-refractivity contribution >= 4 is 10.0 Å². The molecule has 0 saturated heterocycles. The highest BCUT2D eigenvalue weighted by molar-refractivity contribution is 7.89. The molecule has 6 nitrogen and oxygen atoms in total. The molecule has 0 radical (unpaired) electrons. The van der Waals surface area contributed by atoms with E-state index in [1.165, 1.54) is 0 Å². The summed E-state index contributed by atoms with van der Waals surface area (Å²) in [6, 6.07) is 3.43. The Morgan fingerprint density at radius 2 is 1.78 bits per heavy atom. The molecule has 0 aliphatic heterocycles. The molecule has 126 valence electrons. The third kappa shape index (κ3) is 3.92. The number of hydrogen-bond donors (Lipinski definition) is 1. The van der Waals surface area contributed by atoms with Crippen LogP contribution >= 0.6 is 0 Å². The summed E-state index contributed by atoms with van der Waals surface area (Å²) in [7, 11) is -2.03. The van der Waals surface area contributed by atoms with E-state index in [4.69, 9.17) is 9.15 Å². The lowest BCUT2D eigenvalue weighted by atomic mass is 10.1. The third-order valence-corrected chi connectivity index (χ3v) is 5.35. The predicted octanol–water partition coefficient (Wildman–Crippen LogP) is 2.44. The Morgan fingerprint density at radius 1 is 1.17 bits per heavy atom. The molecule has 2 rings (SSSR count). The molecule has 0 atom stereocenters. The second-order valence-electron chi connectivity index (χ2n) is 5.48. The number of sulfonamides is 1. The summed E-state index contributed by atoms with van der Waals surface area (Å²) in [5.41, 5.74) is 2.10. The second-order valence-corrected chi connectivity index (χ2v) is 7.18. The maximum absolute atomic E-state index is 12.6. The van der Waals surface area contributed by atoms with Gasteiger partial charge in [-0.25, -0.2) is 18.1 Å². The van der Waals surface area contributed by atoms with Crippen LogP contribution in [-0.4, -0.2) is 27.1 Å². The predicted molar refractivity (Wildman–Crippen MR) is 87.3 cm³/mol. The molecule has 0 unspecified atom stereocenters. The van der Waals surface area contributed by atoms with E-state index in [9.17, 15) is 8.42 Å². The molecule has 0 bridgehead atoms. The smallest absolute Gasteiger partial charge is 0.241 e. The fourth-order valence-electron chi connectivity index (χ4n) is 2.63. The van der Waals surface area contributed by atoms with Crippen molar-refractivity contribution in [1.82, 2.24) is 9.71 Å². The van der Waals surface area contributed by atoms with Gasteiger partial charge in [0.1, 0.15) is 11.5 Å². The average molecular weight is 338 g/mol. The molecule has 0 spiro atoms. The van der Waals surface area contributed by atoms with Crippen LogP contribution in [0.3, 0.4) is 0 Å². The summed E-state index contributed by atoms with van der Waals surface area (Å²) >= 11 is 0. The van der Waals surface area contributed by atoms with Gasteiger partial charge in [0.05, 0.1) is 17.7 Å². The Balaban J connectivity index is 2.15. The van der Waals surface area contributed by atoms with Crippen molar-refractivity contribution in [3.05, 3.63) is 40.6 Å². The van der Waals surface area contributed by atoms with Gasteiger partial charge >= 0.3 is 0 Å². The monoisotopic (exact) mass is 338 g/mol. The molecule has 0 saturated carbocycles. The van der Waals surface area contributed by atoms with Crippen LogP contribution in [0.2, 0.25) is 0 Å². The highest BCUT2D eigenvalue weighted by Gasteiger charge is 2.20. The summed E-state index contributed by atoms with van der Waals surface area (Å²) in [4.78, 5) is 4.47. The molecule has 0 aliphatic rings. The standard InChI is InChI=1S/C16H22N2O4S/c1-10-8-14(21-5)9-11(2)16(10)23(19,20)17-7-6-15-12(3)18-13(4)22-15/h8-9,17H,6-7H2,1-5H3. The number of rotatable bonds is 6. The molecule has 1 aromatic carbocycles. The Labute approximate surface area is 136 Å². The van der Waals surface area contributed by atoms with Crippen LogP contribution in [0.25, 0.3) is 0 Å². The number of aryl methyl sites for hydroxylation is 4. The summed E-state index contributed by atoms with van der Waals surface area (Å²) in [5, 5.41) is 0. The van der Waals surface area contributed by atoms with Crippen molar-refractivity contribution < 1.29 is 17.6 Å². The van der Waals surface area contributed by atoms with E-state index in [1.54, 1.807) is 40.0 Å². The van der Waals surface area contributed by atoms with Crippen LogP contribution in [0.5, 0.6) is 5.75 Å². The van der Waals surface area contributed by atoms with Crippen molar-refractivity contribution in [3.8, 4) is 5.75 Å². The summed E-state index contributed by atoms with van der Waals surface area (Å²) in [6.45, 7) is 7.38. The first-order valence-corrected chi connectivity index (χ1v) is 8.80. The maximum atomic E-state index is 12.6. The van der Waals surface area contributed by atoms with E-state index in [-0.39, 0.29) is 6.54 Å². The molecule has 1 heterocycles. The molecule has 23 heavy (non-hydrogen) atoms. The molecule has 1 N–H and O–H groups in total. The minimum Gasteiger partial charge on any atom is -0.497 e. The molecule has 1 aromatic heterocycles. The van der Waals surface area contributed by atoms with Crippen LogP contribution < -0.4 is 9.46 Å². The molecule has 7 heteroatoms. The van der Waals surface area contributed by atoms with Crippen molar-refractivity contribution in [1.29, 1.82) is 0 Å². The minimum absolute atomic E-state index is 0.253. The number of aromatic nitrogens is 1. The molecule has 2 aromatic rings. The van der Waals surface area contributed by atoms with Gasteiger partial charge < -0.3 is 9.15 Å². The van der Waals surface area contributed by atoms with Crippen LogP contribution in [0.15, 0.2) is 21.4 Å². The van der Waals surface area contributed by atoms with Gasteiger partial charge in [-0.3, -0.25) is 0 Å². The van der Waals surface area contributed by atoms with Crippen molar-refractivity contribution in [2.75, 3.05) is 13.7 Å². The highest BCUT2D eigenvalue weighted by atomic mass is 32.2. The van der Waals surface area contributed by atoms with E-state index in [1.807, 2.05) is 6.92 Å². The molecule has 0 aliphatic carbocycles. The zero-order chi connectivity index (χ0) is 17.2. The SMILES string of the molecule is COc1cc(C)c(S(=O)(=O)NCCc2oc(C)nc2C)c(C)c1. The van der Waals surface area contributed by atoms with Crippen LogP contribution in [0.1, 0.15) is 28.5 Å². The summed E-state index contributed by atoms with van der Waals surface area (Å²) in [6.07, 6.45) is 0.458. The Morgan fingerprint density at radius 3 is 2.26 bits per heavy atom. The van der Waals surface area contributed by atoms with Crippen molar-refractivity contribution in [2.45, 2.75) is 39.0 Å². The van der Waals surface area contributed by atoms with Gasteiger partial charge in [-0.15, -0.1) is 0 Å². The van der Waals surface area contributed by atoms with Crippen molar-refractivity contribution in [2.24, 2.45) is 0 Å². The number of ether oxygens (including phenoxy) is 1. The van der Waals surface area contributed by atoms with E-state index in [0.29, 0.717) is 39.8 Å². The highest BCUT2D eigenvalue weighted by Crippen LogP contribution is 2.25. The zero-order valence-corrected chi connectivity index (χ0v) is 14.9. The van der Waals surface area contributed by atoms with Gasteiger partial charge in [0.2, 0.25) is 10.0 Å². The molecular formula is C16H22N2O4S. The molecule has 0 amide bonds. The van der Waals surface area contributed by atoms with E-state index >= 15 is 0 Å². The van der Waals surface area contributed by atoms with Gasteiger partial charge in [-0.1, -0.05) is 0 Å². The Hall–Kier alpha value is -1.86. The maximum Gasteiger partial charge on any atom is 0.241 e. The Kier molecular flexibility index (Phi) is 5.11. The summed E-state index contributed by atoms with van der Waals surface area (Å²) < 4.78 is 38.3. The van der Waals surface area contributed by atoms with Crippen molar-refractivity contribution in [3.63, 3.8) is 0 Å². The minimum atomic E-state index is -3.59. The van der Waals surface area contributed by atoms with Crippen LogP contribution in [-0.2, 0) is 16.4 Å². The van der Waals surface area contributed by atoms with Crippen LogP contribution in [0.4, 0.5) is 0 Å². The normalized spacial score (nSPS) is 11.7. The summed E-state index contributed by atoms with van der Waals surface area (Å²) in [5.74, 6) is 1.93. The number of oxazole rings is 1. The lowest BCUT2D eigenvalue weighted by molar-refractivity contribution is 0.413.